The topological polar surface area (TPSA) is 57.6 Å². The molecule has 0 fully saturated rings. The second kappa shape index (κ2) is 8.27. The highest BCUT2D eigenvalue weighted by Gasteiger charge is 2.27. The zero-order valence-corrected chi connectivity index (χ0v) is 15.1. The average Bonchev–Trinajstić information content (AvgIpc) is 2.68. The highest BCUT2D eigenvalue weighted by Crippen LogP contribution is 2.25. The fourth-order valence-electron chi connectivity index (χ4n) is 2.84. The minimum absolute atomic E-state index is 0.204. The van der Waals surface area contributed by atoms with Crippen molar-refractivity contribution < 1.29 is 13.6 Å². The van der Waals surface area contributed by atoms with Gasteiger partial charge in [0.05, 0.1) is 16.7 Å². The normalized spacial score (nSPS) is 12.8. The smallest absolute Gasteiger partial charge is 0.180 e. The van der Waals surface area contributed by atoms with Crippen molar-refractivity contribution in [3.8, 4) is 0 Å². The van der Waals surface area contributed by atoms with Crippen LogP contribution in [0.5, 0.6) is 0 Å². The minimum Gasteiger partial charge on any atom is -0.313 e. The number of rotatable bonds is 7. The third-order valence-corrected chi connectivity index (χ3v) is 5.96. The van der Waals surface area contributed by atoms with Gasteiger partial charge in [-0.25, -0.2) is 8.42 Å². The van der Waals surface area contributed by atoms with Crippen molar-refractivity contribution in [3.05, 3.63) is 102 Å². The fourth-order valence-corrected chi connectivity index (χ4v) is 4.39. The van der Waals surface area contributed by atoms with Crippen molar-refractivity contribution in [2.45, 2.75) is 17.5 Å². The van der Waals surface area contributed by atoms with Gasteiger partial charge in [0, 0.05) is 6.54 Å². The molecule has 26 heavy (non-hydrogen) atoms. The Hall–Kier alpha value is -2.47. The molecular weight excluding hydrogens is 346 g/mol. The largest absolute Gasteiger partial charge is 0.313 e. The Morgan fingerprint density at radius 1 is 0.769 bits per heavy atom. The Balaban J connectivity index is 1.89. The van der Waals surface area contributed by atoms with Gasteiger partial charge in [0.2, 0.25) is 0 Å². The van der Waals surface area contributed by atoms with Crippen LogP contribution in [0.1, 0.15) is 17.2 Å². The second-order valence-electron chi connectivity index (χ2n) is 6.10. The predicted molar refractivity (Wildman–Crippen MR) is 101 cm³/mol. The molecule has 0 bridgehead atoms. The van der Waals surface area contributed by atoms with Crippen molar-refractivity contribution in [3.63, 3.8) is 0 Å². The molecule has 0 amide bonds. The van der Waals surface area contributed by atoms with E-state index in [-0.39, 0.29) is 17.2 Å². The molecule has 0 aliphatic carbocycles. The number of hydrogen-bond donors (Lipinski definition) is 1. The number of benzene rings is 3. The van der Waals surface area contributed by atoms with E-state index >= 15 is 0 Å². The summed E-state index contributed by atoms with van der Waals surface area (Å²) in [5.74, 6) is -0.204. The quantitative estimate of drug-likeness (QED) is 0.639. The third kappa shape index (κ3) is 4.58. The van der Waals surface area contributed by atoms with Crippen molar-refractivity contribution in [1.29, 1.82) is 0 Å². The molecule has 3 rings (SSSR count). The maximum atomic E-state index is 12.8. The highest BCUT2D eigenvalue weighted by molar-refractivity contribution is 7.91. The van der Waals surface area contributed by atoms with Gasteiger partial charge in [-0.05, 0) is 23.3 Å². The fraction of sp³-hybridized carbons (Fsp3) is 0.143. The van der Waals surface area contributed by atoms with Crippen molar-refractivity contribution in [2.75, 3.05) is 5.75 Å². The molecule has 0 saturated heterocycles. The molecule has 0 aliphatic heterocycles. The summed E-state index contributed by atoms with van der Waals surface area (Å²) in [6.07, 6.45) is 0. The highest BCUT2D eigenvalue weighted by atomic mass is 32.2. The lowest BCUT2D eigenvalue weighted by molar-refractivity contribution is -0.131. The molecule has 5 heteroatoms. The van der Waals surface area contributed by atoms with E-state index in [2.05, 4.69) is 0 Å². The van der Waals surface area contributed by atoms with Crippen LogP contribution in [0, 0.1) is 0 Å². The van der Waals surface area contributed by atoms with Gasteiger partial charge in [-0.15, -0.1) is 0 Å². The van der Waals surface area contributed by atoms with E-state index in [0.29, 0.717) is 0 Å². The summed E-state index contributed by atoms with van der Waals surface area (Å²) in [7, 11) is -3.55. The first kappa shape index (κ1) is 18.3. The van der Waals surface area contributed by atoms with Crippen LogP contribution >= 0.6 is 0 Å². The summed E-state index contributed by atoms with van der Waals surface area (Å²) in [6, 6.07) is 26.4. The van der Waals surface area contributed by atoms with Gasteiger partial charge in [0.1, 0.15) is 0 Å². The number of sulfone groups is 1. The van der Waals surface area contributed by atoms with E-state index in [1.54, 1.807) is 30.3 Å². The molecule has 4 nitrogen and oxygen atoms in total. The van der Waals surface area contributed by atoms with E-state index in [1.807, 2.05) is 60.7 Å². The first-order chi connectivity index (χ1) is 12.6. The molecular formula is C21H21NO3S. The van der Waals surface area contributed by atoms with Gasteiger partial charge in [0.25, 0.3) is 0 Å². The molecule has 3 aromatic carbocycles. The Morgan fingerprint density at radius 2 is 1.27 bits per heavy atom. The first-order valence-electron chi connectivity index (χ1n) is 8.38. The lowest BCUT2D eigenvalue weighted by Gasteiger charge is -2.26. The SMILES string of the molecule is O=S(=O)(C[C@H](c1ccccc1)N(O)Cc1ccccc1)c1ccccc1. The molecule has 3 aromatic rings. The molecule has 0 heterocycles. The molecule has 0 saturated carbocycles. The molecule has 0 aromatic heterocycles. The van der Waals surface area contributed by atoms with Crippen molar-refractivity contribution in [2.24, 2.45) is 0 Å². The van der Waals surface area contributed by atoms with E-state index in [4.69, 9.17) is 0 Å². The summed E-state index contributed by atoms with van der Waals surface area (Å²) in [5.41, 5.74) is 1.67. The molecule has 0 aliphatic rings. The van der Waals surface area contributed by atoms with Crippen LogP contribution in [-0.4, -0.2) is 24.4 Å². The van der Waals surface area contributed by atoms with Crippen LogP contribution in [0.2, 0.25) is 0 Å². The minimum atomic E-state index is -3.55. The van der Waals surface area contributed by atoms with Crippen LogP contribution < -0.4 is 0 Å². The Labute approximate surface area is 154 Å². The predicted octanol–water partition coefficient (Wildman–Crippen LogP) is 4.09. The molecule has 1 atom stereocenters. The van der Waals surface area contributed by atoms with Gasteiger partial charge in [-0.2, -0.15) is 5.06 Å². The zero-order valence-electron chi connectivity index (χ0n) is 14.3. The summed E-state index contributed by atoms with van der Waals surface area (Å²) < 4.78 is 25.7. The van der Waals surface area contributed by atoms with Crippen molar-refractivity contribution in [1.82, 2.24) is 5.06 Å². The average molecular weight is 367 g/mol. The first-order valence-corrected chi connectivity index (χ1v) is 10.0. The third-order valence-electron chi connectivity index (χ3n) is 4.21. The van der Waals surface area contributed by atoms with Gasteiger partial charge in [-0.1, -0.05) is 78.9 Å². The van der Waals surface area contributed by atoms with Crippen molar-refractivity contribution >= 4 is 9.84 Å². The van der Waals surface area contributed by atoms with E-state index in [1.165, 1.54) is 0 Å². The van der Waals surface area contributed by atoms with Crippen LogP contribution in [0.15, 0.2) is 95.9 Å². The van der Waals surface area contributed by atoms with E-state index in [0.717, 1.165) is 16.2 Å². The maximum Gasteiger partial charge on any atom is 0.180 e. The Kier molecular flexibility index (Phi) is 5.83. The van der Waals surface area contributed by atoms with Crippen LogP contribution in [0.3, 0.4) is 0 Å². The summed E-state index contributed by atoms with van der Waals surface area (Å²) in [5, 5.41) is 11.8. The number of hydroxylamine groups is 2. The van der Waals surface area contributed by atoms with Crippen LogP contribution in [0.25, 0.3) is 0 Å². The van der Waals surface area contributed by atoms with Crippen LogP contribution in [0.4, 0.5) is 0 Å². The molecule has 0 spiro atoms. The van der Waals surface area contributed by atoms with Crippen LogP contribution in [-0.2, 0) is 16.4 Å². The Bertz CT molecular complexity index is 913. The molecule has 0 unspecified atom stereocenters. The molecule has 1 N–H and O–H groups in total. The second-order valence-corrected chi connectivity index (χ2v) is 8.14. The lowest BCUT2D eigenvalue weighted by atomic mass is 10.1. The van der Waals surface area contributed by atoms with Gasteiger partial charge in [0.15, 0.2) is 9.84 Å². The van der Waals surface area contributed by atoms with Gasteiger partial charge < -0.3 is 5.21 Å². The van der Waals surface area contributed by atoms with E-state index < -0.39 is 15.9 Å². The monoisotopic (exact) mass is 367 g/mol. The van der Waals surface area contributed by atoms with Gasteiger partial charge in [-0.3, -0.25) is 0 Å². The maximum absolute atomic E-state index is 12.8. The summed E-state index contributed by atoms with van der Waals surface area (Å²) >= 11 is 0. The molecule has 0 radical (unpaired) electrons. The Morgan fingerprint density at radius 3 is 1.85 bits per heavy atom. The number of nitrogens with zero attached hydrogens (tertiary/aromatic N) is 1. The molecule has 134 valence electrons. The zero-order chi connectivity index (χ0) is 18.4. The number of hydrogen-bond acceptors (Lipinski definition) is 4. The summed E-state index contributed by atoms with van der Waals surface area (Å²) in [4.78, 5) is 0.258. The van der Waals surface area contributed by atoms with Gasteiger partial charge >= 0.3 is 0 Å². The standard InChI is InChI=1S/C21H21NO3S/c23-22(16-18-10-4-1-5-11-18)21(19-12-6-2-7-13-19)17-26(24,25)20-14-8-3-9-15-20/h1-15,21,23H,16-17H2/t21-/m1/s1. The van der Waals surface area contributed by atoms with E-state index in [9.17, 15) is 13.6 Å². The summed E-state index contributed by atoms with van der Waals surface area (Å²) in [6.45, 7) is 0.241. The lowest BCUT2D eigenvalue weighted by Crippen LogP contribution is -2.30.